The molecule has 3 heteroatoms. The Morgan fingerprint density at radius 2 is 2.11 bits per heavy atom. The molecule has 0 aliphatic rings. The Balaban J connectivity index is 2.73. The molecule has 1 N–H and O–H groups in total. The van der Waals surface area contributed by atoms with Crippen LogP contribution in [0.25, 0.3) is 6.08 Å². The lowest BCUT2D eigenvalue weighted by atomic mass is 10.0. The quantitative estimate of drug-likeness (QED) is 0.777. The van der Waals surface area contributed by atoms with E-state index in [4.69, 9.17) is 0 Å². The van der Waals surface area contributed by atoms with Crippen LogP contribution >= 0.6 is 0 Å². The molecule has 0 aliphatic carbocycles. The van der Waals surface area contributed by atoms with Crippen LogP contribution in [0.2, 0.25) is 0 Å². The Hall–Kier alpha value is -1.09. The largest absolute Gasteiger partial charge is 0.313 e. The van der Waals surface area contributed by atoms with Gasteiger partial charge in [0.15, 0.2) is 0 Å². The monoisotopic (exact) mass is 263 g/mol. The third-order valence-corrected chi connectivity index (χ3v) is 3.14. The summed E-state index contributed by atoms with van der Waals surface area (Å²) in [5, 5.41) is 7.91. The highest BCUT2D eigenvalue weighted by Gasteiger charge is 2.06. The highest BCUT2D eigenvalue weighted by molar-refractivity contribution is 5.50. The maximum absolute atomic E-state index is 4.38. The van der Waals surface area contributed by atoms with Crippen molar-refractivity contribution in [1.29, 1.82) is 0 Å². The standard InChI is InChI=1S/C16H29N3/c1-6-9-19-16(7-8-18-19)10-15(14(4)5)12-17-11-13(2)3/h7-8,10,13-14,17H,6,9,11-12H2,1-5H3/b15-10-. The van der Waals surface area contributed by atoms with Crippen LogP contribution in [0.1, 0.15) is 46.7 Å². The first-order valence-electron chi connectivity index (χ1n) is 7.47. The van der Waals surface area contributed by atoms with Crippen LogP contribution in [0.15, 0.2) is 17.8 Å². The van der Waals surface area contributed by atoms with Crippen molar-refractivity contribution in [2.75, 3.05) is 13.1 Å². The van der Waals surface area contributed by atoms with Crippen LogP contribution in [0.3, 0.4) is 0 Å². The van der Waals surface area contributed by atoms with Gasteiger partial charge in [-0.2, -0.15) is 5.10 Å². The van der Waals surface area contributed by atoms with E-state index in [1.54, 1.807) is 0 Å². The van der Waals surface area contributed by atoms with Crippen molar-refractivity contribution in [3.63, 3.8) is 0 Å². The molecule has 0 aromatic carbocycles. The van der Waals surface area contributed by atoms with Crippen LogP contribution in [-0.4, -0.2) is 22.9 Å². The summed E-state index contributed by atoms with van der Waals surface area (Å²) in [5.41, 5.74) is 2.66. The maximum Gasteiger partial charge on any atom is 0.0609 e. The smallest absolute Gasteiger partial charge is 0.0609 e. The van der Waals surface area contributed by atoms with Gasteiger partial charge >= 0.3 is 0 Å². The van der Waals surface area contributed by atoms with Gasteiger partial charge in [0.05, 0.1) is 5.69 Å². The van der Waals surface area contributed by atoms with Gasteiger partial charge < -0.3 is 5.32 Å². The molecule has 3 nitrogen and oxygen atoms in total. The number of aromatic nitrogens is 2. The van der Waals surface area contributed by atoms with Crippen molar-refractivity contribution in [3.8, 4) is 0 Å². The van der Waals surface area contributed by atoms with Gasteiger partial charge in [-0.3, -0.25) is 4.68 Å². The summed E-state index contributed by atoms with van der Waals surface area (Å²) in [6.45, 7) is 14.2. The van der Waals surface area contributed by atoms with Crippen molar-refractivity contribution in [2.24, 2.45) is 11.8 Å². The van der Waals surface area contributed by atoms with Crippen LogP contribution < -0.4 is 5.32 Å². The van der Waals surface area contributed by atoms with E-state index in [9.17, 15) is 0 Å². The van der Waals surface area contributed by atoms with E-state index in [1.165, 1.54) is 11.3 Å². The minimum Gasteiger partial charge on any atom is -0.313 e. The third kappa shape index (κ3) is 5.60. The molecule has 0 fully saturated rings. The maximum atomic E-state index is 4.38. The normalized spacial score (nSPS) is 12.7. The lowest BCUT2D eigenvalue weighted by molar-refractivity contribution is 0.557. The fraction of sp³-hybridized carbons (Fsp3) is 0.688. The Kier molecular flexibility index (Phi) is 6.85. The molecule has 0 amide bonds. The van der Waals surface area contributed by atoms with Crippen LogP contribution in [-0.2, 0) is 6.54 Å². The molecule has 1 aromatic rings. The summed E-state index contributed by atoms with van der Waals surface area (Å²) in [5.74, 6) is 1.25. The molecule has 1 rings (SSSR count). The van der Waals surface area contributed by atoms with Crippen LogP contribution in [0, 0.1) is 11.8 Å². The summed E-state index contributed by atoms with van der Waals surface area (Å²) in [6.07, 6.45) is 5.30. The zero-order valence-electron chi connectivity index (χ0n) is 13.1. The number of aryl methyl sites for hydroxylation is 1. The topological polar surface area (TPSA) is 29.9 Å². The van der Waals surface area contributed by atoms with Crippen LogP contribution in [0.4, 0.5) is 0 Å². The Labute approximate surface area is 118 Å². The van der Waals surface area contributed by atoms with Gasteiger partial charge in [0, 0.05) is 19.3 Å². The van der Waals surface area contributed by atoms with Gasteiger partial charge in [0.2, 0.25) is 0 Å². The number of hydrogen-bond donors (Lipinski definition) is 1. The third-order valence-electron chi connectivity index (χ3n) is 3.14. The van der Waals surface area contributed by atoms with Crippen LogP contribution in [0.5, 0.6) is 0 Å². The van der Waals surface area contributed by atoms with Crippen molar-refractivity contribution in [3.05, 3.63) is 23.5 Å². The second-order valence-electron chi connectivity index (χ2n) is 5.88. The molecule has 108 valence electrons. The minimum absolute atomic E-state index is 0.560. The predicted octanol–water partition coefficient (Wildman–Crippen LogP) is 3.58. The van der Waals surface area contributed by atoms with E-state index < -0.39 is 0 Å². The summed E-state index contributed by atoms with van der Waals surface area (Å²) in [7, 11) is 0. The second kappa shape index (κ2) is 8.16. The molecule has 0 unspecified atom stereocenters. The van der Waals surface area contributed by atoms with Crippen molar-refractivity contribution in [1.82, 2.24) is 15.1 Å². The lowest BCUT2D eigenvalue weighted by Crippen LogP contribution is -2.23. The molecule has 0 aliphatic heterocycles. The SMILES string of the molecule is CCCn1nccc1/C=C(/CNCC(C)C)C(C)C. The number of hydrogen-bond acceptors (Lipinski definition) is 2. The van der Waals surface area contributed by atoms with E-state index in [0.717, 1.165) is 26.1 Å². The van der Waals surface area contributed by atoms with Gasteiger partial charge in [0.25, 0.3) is 0 Å². The number of nitrogens with zero attached hydrogens (tertiary/aromatic N) is 2. The zero-order chi connectivity index (χ0) is 14.3. The summed E-state index contributed by atoms with van der Waals surface area (Å²) >= 11 is 0. The molecule has 0 spiro atoms. The molecule has 19 heavy (non-hydrogen) atoms. The van der Waals surface area contributed by atoms with Crippen molar-refractivity contribution < 1.29 is 0 Å². The zero-order valence-corrected chi connectivity index (χ0v) is 13.1. The van der Waals surface area contributed by atoms with Gasteiger partial charge in [-0.05, 0) is 36.9 Å². The highest BCUT2D eigenvalue weighted by atomic mass is 15.3. The van der Waals surface area contributed by atoms with Gasteiger partial charge in [-0.15, -0.1) is 0 Å². The molecule has 0 atom stereocenters. The Bertz CT molecular complexity index is 388. The molecule has 0 saturated heterocycles. The molecule has 1 heterocycles. The molecule has 0 bridgehead atoms. The molecule has 0 saturated carbocycles. The Morgan fingerprint density at radius 1 is 1.37 bits per heavy atom. The van der Waals surface area contributed by atoms with Crippen molar-refractivity contribution >= 4 is 6.08 Å². The lowest BCUT2D eigenvalue weighted by Gasteiger charge is -2.14. The first-order chi connectivity index (χ1) is 9.04. The first-order valence-corrected chi connectivity index (χ1v) is 7.47. The molecular formula is C16H29N3. The molecule has 1 aromatic heterocycles. The van der Waals surface area contributed by atoms with Gasteiger partial charge in [0.1, 0.15) is 0 Å². The van der Waals surface area contributed by atoms with E-state index in [0.29, 0.717) is 11.8 Å². The predicted molar refractivity (Wildman–Crippen MR) is 83.0 cm³/mol. The molecular weight excluding hydrogens is 234 g/mol. The van der Waals surface area contributed by atoms with E-state index in [2.05, 4.69) is 61.9 Å². The Morgan fingerprint density at radius 3 is 2.68 bits per heavy atom. The van der Waals surface area contributed by atoms with Gasteiger partial charge in [-0.1, -0.05) is 40.2 Å². The van der Waals surface area contributed by atoms with Crippen molar-refractivity contribution in [2.45, 2.75) is 47.6 Å². The minimum atomic E-state index is 0.560. The van der Waals surface area contributed by atoms with E-state index >= 15 is 0 Å². The fourth-order valence-corrected chi connectivity index (χ4v) is 1.98. The van der Waals surface area contributed by atoms with E-state index in [1.807, 2.05) is 6.20 Å². The summed E-state index contributed by atoms with van der Waals surface area (Å²) in [6, 6.07) is 2.10. The average molecular weight is 263 g/mol. The van der Waals surface area contributed by atoms with Gasteiger partial charge in [-0.25, -0.2) is 0 Å². The fourth-order valence-electron chi connectivity index (χ4n) is 1.98. The number of nitrogens with one attached hydrogen (secondary N) is 1. The summed E-state index contributed by atoms with van der Waals surface area (Å²) in [4.78, 5) is 0. The average Bonchev–Trinajstić information content (AvgIpc) is 2.75. The second-order valence-corrected chi connectivity index (χ2v) is 5.88. The highest BCUT2D eigenvalue weighted by Crippen LogP contribution is 2.14. The summed E-state index contributed by atoms with van der Waals surface area (Å²) < 4.78 is 2.09. The first kappa shape index (κ1) is 16.0. The van der Waals surface area contributed by atoms with E-state index in [-0.39, 0.29) is 0 Å². The molecule has 0 radical (unpaired) electrons. The number of rotatable bonds is 8.